The molecule has 0 fully saturated rings. The maximum atomic E-state index is 14.6. The van der Waals surface area contributed by atoms with Crippen LogP contribution >= 0.6 is 0 Å². The van der Waals surface area contributed by atoms with E-state index in [2.05, 4.69) is 11.7 Å². The summed E-state index contributed by atoms with van der Waals surface area (Å²) in [5, 5.41) is 0. The van der Waals surface area contributed by atoms with Crippen LogP contribution < -0.4 is 4.74 Å². The zero-order valence-electron chi connectivity index (χ0n) is 16.0. The summed E-state index contributed by atoms with van der Waals surface area (Å²) in [6.07, 6.45) is -0.684. The van der Waals surface area contributed by atoms with E-state index in [9.17, 15) is 26.3 Å². The number of fused-ring (bicyclic) bond motifs is 1. The molecule has 1 unspecified atom stereocenters. The fourth-order valence-electron chi connectivity index (χ4n) is 3.94. The Labute approximate surface area is 165 Å². The van der Waals surface area contributed by atoms with E-state index in [0.29, 0.717) is 12.0 Å². The van der Waals surface area contributed by atoms with E-state index in [1.165, 1.54) is 6.07 Å². The summed E-state index contributed by atoms with van der Waals surface area (Å²) in [7, 11) is 0. The van der Waals surface area contributed by atoms with Crippen molar-refractivity contribution >= 4 is 0 Å². The van der Waals surface area contributed by atoms with Crippen molar-refractivity contribution in [3.8, 4) is 5.75 Å². The number of hydrogen-bond donors (Lipinski definition) is 0. The quantitative estimate of drug-likeness (QED) is 0.364. The highest BCUT2D eigenvalue weighted by Gasteiger charge is 2.36. The lowest BCUT2D eigenvalue weighted by Gasteiger charge is -2.27. The van der Waals surface area contributed by atoms with E-state index >= 15 is 0 Å². The van der Waals surface area contributed by atoms with E-state index in [1.807, 2.05) is 6.07 Å². The largest absolute Gasteiger partial charge is 0.573 e. The van der Waals surface area contributed by atoms with Crippen LogP contribution in [0.4, 0.5) is 26.3 Å². The van der Waals surface area contributed by atoms with Gasteiger partial charge in [0.05, 0.1) is 0 Å². The van der Waals surface area contributed by atoms with Crippen LogP contribution in [0.5, 0.6) is 5.75 Å². The van der Waals surface area contributed by atoms with Crippen LogP contribution in [-0.4, -0.2) is 6.36 Å². The van der Waals surface area contributed by atoms with Gasteiger partial charge >= 0.3 is 6.36 Å². The monoisotopic (exact) mass is 416 g/mol. The lowest BCUT2D eigenvalue weighted by atomic mass is 9.79. The highest BCUT2D eigenvalue weighted by molar-refractivity contribution is 5.42. The van der Waals surface area contributed by atoms with Crippen molar-refractivity contribution in [2.24, 2.45) is 0 Å². The van der Waals surface area contributed by atoms with Crippen molar-refractivity contribution in [1.29, 1.82) is 0 Å². The van der Waals surface area contributed by atoms with Crippen LogP contribution in [-0.2, 0) is 19.3 Å². The van der Waals surface area contributed by atoms with Crippen molar-refractivity contribution in [2.45, 2.75) is 64.1 Å². The number of rotatable bonds is 6. The maximum Gasteiger partial charge on any atom is 0.573 e. The number of hydrogen-bond acceptors (Lipinski definition) is 1. The van der Waals surface area contributed by atoms with Crippen LogP contribution in [0.1, 0.15) is 60.8 Å². The second kappa shape index (κ2) is 8.67. The Kier molecular flexibility index (Phi) is 6.44. The second-order valence-corrected chi connectivity index (χ2v) is 7.44. The average molecular weight is 416 g/mol. The van der Waals surface area contributed by atoms with Crippen molar-refractivity contribution < 1.29 is 31.1 Å². The fourth-order valence-corrected chi connectivity index (χ4v) is 3.94. The Bertz CT molecular complexity index is 875. The Morgan fingerprint density at radius 2 is 1.79 bits per heavy atom. The summed E-state index contributed by atoms with van der Waals surface area (Å²) in [6.45, 7) is 2.09. The van der Waals surface area contributed by atoms with Gasteiger partial charge in [-0.15, -0.1) is 13.2 Å². The molecule has 0 heterocycles. The van der Waals surface area contributed by atoms with E-state index in [-0.39, 0.29) is 35.7 Å². The molecular weight excluding hydrogens is 394 g/mol. The van der Waals surface area contributed by atoms with E-state index in [4.69, 9.17) is 0 Å². The molecule has 2 aromatic carbocycles. The van der Waals surface area contributed by atoms with Crippen molar-refractivity contribution in [3.05, 3.63) is 64.0 Å². The zero-order valence-corrected chi connectivity index (χ0v) is 16.0. The Hall–Kier alpha value is -2.18. The number of ether oxygens (including phenoxy) is 1. The SMILES string of the molecule is CCCCCc1ccc(C2CCc3c(cc(F)c(OC(F)(F)F)c3F)C2)c(F)c1. The van der Waals surface area contributed by atoms with Gasteiger partial charge in [0, 0.05) is 0 Å². The molecule has 0 saturated carbocycles. The minimum atomic E-state index is -5.19. The van der Waals surface area contributed by atoms with Gasteiger partial charge in [-0.1, -0.05) is 31.9 Å². The summed E-state index contributed by atoms with van der Waals surface area (Å²) in [5.41, 5.74) is 1.61. The number of alkyl halides is 3. The Morgan fingerprint density at radius 1 is 1.03 bits per heavy atom. The van der Waals surface area contributed by atoms with E-state index in [1.54, 1.807) is 6.07 Å². The van der Waals surface area contributed by atoms with Crippen LogP contribution in [0, 0.1) is 17.5 Å². The molecule has 1 nitrogen and oxygen atoms in total. The highest BCUT2D eigenvalue weighted by Crippen LogP contribution is 2.40. The summed E-state index contributed by atoms with van der Waals surface area (Å²) in [5.74, 6) is -4.82. The third-order valence-electron chi connectivity index (χ3n) is 5.37. The van der Waals surface area contributed by atoms with Gasteiger partial charge in [0.15, 0.2) is 11.6 Å². The third-order valence-corrected chi connectivity index (χ3v) is 5.37. The van der Waals surface area contributed by atoms with Crippen molar-refractivity contribution in [2.75, 3.05) is 0 Å². The average Bonchev–Trinajstić information content (AvgIpc) is 2.64. The van der Waals surface area contributed by atoms with E-state index in [0.717, 1.165) is 37.3 Å². The zero-order chi connectivity index (χ0) is 21.2. The molecule has 0 amide bonds. The number of benzene rings is 2. The molecule has 1 aliphatic rings. The number of aryl methyl sites for hydroxylation is 1. The van der Waals surface area contributed by atoms with Crippen LogP contribution in [0.25, 0.3) is 0 Å². The lowest BCUT2D eigenvalue weighted by molar-refractivity contribution is -0.276. The fraction of sp³-hybridized carbons (Fsp3) is 0.455. The van der Waals surface area contributed by atoms with Gasteiger partial charge < -0.3 is 4.74 Å². The molecule has 0 saturated heterocycles. The van der Waals surface area contributed by atoms with Gasteiger partial charge in [0.1, 0.15) is 5.82 Å². The molecule has 0 aromatic heterocycles. The molecule has 7 heteroatoms. The van der Waals surface area contributed by atoms with Crippen molar-refractivity contribution in [3.63, 3.8) is 0 Å². The number of halogens is 6. The van der Waals surface area contributed by atoms with Gasteiger partial charge in [-0.25, -0.2) is 13.2 Å². The predicted octanol–water partition coefficient (Wildman–Crippen LogP) is 7.01. The van der Waals surface area contributed by atoms with Gasteiger partial charge in [-0.3, -0.25) is 0 Å². The molecule has 2 aromatic rings. The molecule has 0 spiro atoms. The molecule has 1 atom stereocenters. The van der Waals surface area contributed by atoms with E-state index < -0.39 is 23.7 Å². The molecule has 0 aliphatic heterocycles. The maximum absolute atomic E-state index is 14.6. The molecule has 1 aliphatic carbocycles. The molecule has 29 heavy (non-hydrogen) atoms. The van der Waals surface area contributed by atoms with Crippen molar-refractivity contribution in [1.82, 2.24) is 0 Å². The minimum Gasteiger partial charge on any atom is -0.399 e. The first kappa shape index (κ1) is 21.5. The van der Waals surface area contributed by atoms with Gasteiger partial charge in [0.2, 0.25) is 5.75 Å². The molecular formula is C22H22F6O. The first-order valence-electron chi connectivity index (χ1n) is 9.73. The van der Waals surface area contributed by atoms with Gasteiger partial charge in [0.25, 0.3) is 0 Å². The number of unbranched alkanes of at least 4 members (excludes halogenated alkanes) is 2. The molecule has 0 N–H and O–H groups in total. The van der Waals surface area contributed by atoms with Crippen LogP contribution in [0.3, 0.4) is 0 Å². The molecule has 158 valence electrons. The standard InChI is InChI=1S/C22H22F6O/c1-2-3-4-5-13-6-8-16(18(23)10-13)14-7-9-17-15(11-14)12-19(24)21(20(17)25)29-22(26,27)28/h6,8,10,12,14H,2-5,7,9,11H2,1H3. The summed E-state index contributed by atoms with van der Waals surface area (Å²) in [4.78, 5) is 0. The summed E-state index contributed by atoms with van der Waals surface area (Å²) < 4.78 is 83.8. The first-order valence-corrected chi connectivity index (χ1v) is 9.73. The smallest absolute Gasteiger partial charge is 0.399 e. The van der Waals surface area contributed by atoms with Gasteiger partial charge in [-0.05, 0) is 72.4 Å². The minimum absolute atomic E-state index is 0.00139. The van der Waals surface area contributed by atoms with Gasteiger partial charge in [-0.2, -0.15) is 0 Å². The first-order chi connectivity index (χ1) is 13.7. The Morgan fingerprint density at radius 3 is 2.45 bits per heavy atom. The predicted molar refractivity (Wildman–Crippen MR) is 97.4 cm³/mol. The Balaban J connectivity index is 1.81. The summed E-state index contributed by atoms with van der Waals surface area (Å²) in [6, 6.07) is 5.94. The summed E-state index contributed by atoms with van der Waals surface area (Å²) >= 11 is 0. The van der Waals surface area contributed by atoms with Crippen LogP contribution in [0.15, 0.2) is 24.3 Å². The normalized spacial score (nSPS) is 16.6. The molecule has 0 radical (unpaired) electrons. The highest BCUT2D eigenvalue weighted by atomic mass is 19.4. The topological polar surface area (TPSA) is 9.23 Å². The van der Waals surface area contributed by atoms with Crippen LogP contribution in [0.2, 0.25) is 0 Å². The molecule has 3 rings (SSSR count). The third kappa shape index (κ3) is 5.06. The lowest BCUT2D eigenvalue weighted by Crippen LogP contribution is -2.21. The second-order valence-electron chi connectivity index (χ2n) is 7.44. The molecule has 0 bridgehead atoms.